The monoisotopic (exact) mass is 480 g/mol. The summed E-state index contributed by atoms with van der Waals surface area (Å²) >= 11 is 12.5. The Labute approximate surface area is 201 Å². The first kappa shape index (κ1) is 21.9. The van der Waals surface area contributed by atoms with Crippen LogP contribution in [-0.4, -0.2) is 46.2 Å². The first-order valence-corrected chi connectivity index (χ1v) is 11.6. The number of hydrogen-bond donors (Lipinski definition) is 0. The molecule has 2 unspecified atom stereocenters. The van der Waals surface area contributed by atoms with E-state index in [1.165, 1.54) is 0 Å². The second-order valence-electron chi connectivity index (χ2n) is 8.62. The second kappa shape index (κ2) is 8.43. The maximum atomic E-state index is 13.0. The van der Waals surface area contributed by atoms with Crippen molar-refractivity contribution in [3.63, 3.8) is 0 Å². The number of aliphatic imine (C=N–C) groups is 1. The van der Waals surface area contributed by atoms with E-state index in [0.717, 1.165) is 35.2 Å². The van der Waals surface area contributed by atoms with Gasteiger partial charge in [0, 0.05) is 37.4 Å². The van der Waals surface area contributed by atoms with Gasteiger partial charge in [0.15, 0.2) is 5.82 Å². The molecule has 1 aromatic heterocycles. The highest BCUT2D eigenvalue weighted by Gasteiger charge is 2.42. The molecule has 2 heterocycles. The van der Waals surface area contributed by atoms with Crippen LogP contribution in [0.3, 0.4) is 0 Å². The van der Waals surface area contributed by atoms with Gasteiger partial charge in [-0.05, 0) is 48.2 Å². The van der Waals surface area contributed by atoms with E-state index >= 15 is 0 Å². The van der Waals surface area contributed by atoms with Crippen LogP contribution >= 0.6 is 23.2 Å². The molecule has 5 rings (SSSR count). The lowest BCUT2D eigenvalue weighted by Gasteiger charge is -2.35. The minimum absolute atomic E-state index is 0.0536. The molecule has 0 N–H and O–H groups in total. The summed E-state index contributed by atoms with van der Waals surface area (Å²) in [4.78, 5) is 31.7. The topological polar surface area (TPSA) is 67.6 Å². The molecule has 2 aromatic carbocycles. The first-order chi connectivity index (χ1) is 15.8. The average Bonchev–Trinajstić information content (AvgIpc) is 3.23. The molecule has 1 fully saturated rings. The molecule has 33 heavy (non-hydrogen) atoms. The molecular weight excluding hydrogens is 459 g/mol. The summed E-state index contributed by atoms with van der Waals surface area (Å²) in [5, 5.41) is 5.57. The highest BCUT2D eigenvalue weighted by Crippen LogP contribution is 2.45. The van der Waals surface area contributed by atoms with Crippen molar-refractivity contribution >= 4 is 46.4 Å². The van der Waals surface area contributed by atoms with Crippen LogP contribution in [0.5, 0.6) is 0 Å². The number of carbonyl (C=O) groups is 2. The number of ketones is 1. The van der Waals surface area contributed by atoms with Gasteiger partial charge in [-0.25, -0.2) is 9.67 Å². The van der Waals surface area contributed by atoms with Gasteiger partial charge in [-0.3, -0.25) is 9.59 Å². The van der Waals surface area contributed by atoms with Crippen molar-refractivity contribution in [2.75, 3.05) is 14.1 Å². The normalized spacial score (nSPS) is 19.5. The molecule has 8 heteroatoms. The summed E-state index contributed by atoms with van der Waals surface area (Å²) in [6.45, 7) is 0. The lowest BCUT2D eigenvalue weighted by atomic mass is 9.77. The highest BCUT2D eigenvalue weighted by atomic mass is 35.5. The van der Waals surface area contributed by atoms with Crippen molar-refractivity contribution in [3.8, 4) is 11.1 Å². The van der Waals surface area contributed by atoms with Crippen LogP contribution in [0.4, 0.5) is 5.82 Å². The van der Waals surface area contributed by atoms with Gasteiger partial charge in [0.1, 0.15) is 5.78 Å². The Morgan fingerprint density at radius 3 is 2.52 bits per heavy atom. The van der Waals surface area contributed by atoms with Crippen molar-refractivity contribution in [3.05, 3.63) is 69.8 Å². The molecule has 2 aliphatic rings. The van der Waals surface area contributed by atoms with Gasteiger partial charge in [0.05, 0.1) is 28.2 Å². The Hall–Kier alpha value is -2.96. The first-order valence-electron chi connectivity index (χ1n) is 10.8. The van der Waals surface area contributed by atoms with Crippen molar-refractivity contribution in [1.82, 2.24) is 14.7 Å². The molecule has 1 saturated carbocycles. The van der Waals surface area contributed by atoms with Crippen molar-refractivity contribution in [2.45, 2.75) is 25.3 Å². The van der Waals surface area contributed by atoms with Crippen molar-refractivity contribution in [2.24, 2.45) is 10.9 Å². The Morgan fingerprint density at radius 1 is 1.06 bits per heavy atom. The number of nitrogens with zero attached hydrogens (tertiary/aromatic N) is 4. The molecular formula is C25H22Cl2N4O2. The zero-order valence-corrected chi connectivity index (χ0v) is 19.8. The van der Waals surface area contributed by atoms with E-state index in [1.807, 2.05) is 28.9 Å². The van der Waals surface area contributed by atoms with E-state index < -0.39 is 0 Å². The predicted octanol–water partition coefficient (Wildman–Crippen LogP) is 5.60. The maximum Gasteiger partial charge on any atom is 0.253 e. The van der Waals surface area contributed by atoms with E-state index in [1.54, 1.807) is 43.4 Å². The maximum absolute atomic E-state index is 13.0. The largest absolute Gasteiger partial charge is 0.345 e. The predicted molar refractivity (Wildman–Crippen MR) is 130 cm³/mol. The van der Waals surface area contributed by atoms with Crippen LogP contribution in [0.15, 0.2) is 53.7 Å². The Bertz CT molecular complexity index is 1290. The third-order valence-electron chi connectivity index (χ3n) is 6.29. The van der Waals surface area contributed by atoms with E-state index in [2.05, 4.69) is 5.10 Å². The fourth-order valence-electron chi connectivity index (χ4n) is 4.66. The third-order valence-corrected chi connectivity index (χ3v) is 7.03. The fourth-order valence-corrected chi connectivity index (χ4v) is 4.96. The second-order valence-corrected chi connectivity index (χ2v) is 9.44. The van der Waals surface area contributed by atoms with Crippen molar-refractivity contribution in [1.29, 1.82) is 0 Å². The SMILES string of the molecule is CN(C)C(=O)c1ccc(-c2cnn3c2N=C2CCCC(=O)C2C3c2ccc(Cl)c(Cl)c2)cc1. The van der Waals surface area contributed by atoms with Gasteiger partial charge in [0.25, 0.3) is 5.91 Å². The summed E-state index contributed by atoms with van der Waals surface area (Å²) in [6.07, 6.45) is 3.88. The van der Waals surface area contributed by atoms with E-state index in [-0.39, 0.29) is 23.7 Å². The van der Waals surface area contributed by atoms with Gasteiger partial charge in [0.2, 0.25) is 0 Å². The van der Waals surface area contributed by atoms with Crippen LogP contribution < -0.4 is 0 Å². The summed E-state index contributed by atoms with van der Waals surface area (Å²) in [6, 6.07) is 12.5. The van der Waals surface area contributed by atoms with Crippen LogP contribution in [0.2, 0.25) is 10.0 Å². The number of benzene rings is 2. The fraction of sp³-hybridized carbons (Fsp3) is 0.280. The van der Waals surface area contributed by atoms with E-state index in [0.29, 0.717) is 27.8 Å². The van der Waals surface area contributed by atoms with Gasteiger partial charge in [-0.1, -0.05) is 41.4 Å². The zero-order chi connectivity index (χ0) is 23.3. The molecule has 0 saturated heterocycles. The van der Waals surface area contributed by atoms with Crippen LogP contribution in [-0.2, 0) is 4.79 Å². The molecule has 6 nitrogen and oxygen atoms in total. The number of hydrogen-bond acceptors (Lipinski definition) is 4. The lowest BCUT2D eigenvalue weighted by molar-refractivity contribution is -0.122. The third kappa shape index (κ3) is 3.77. The van der Waals surface area contributed by atoms with Crippen LogP contribution in [0, 0.1) is 5.92 Å². The summed E-state index contributed by atoms with van der Waals surface area (Å²) in [5.41, 5.74) is 4.14. The van der Waals surface area contributed by atoms with E-state index in [4.69, 9.17) is 28.2 Å². The molecule has 1 aliphatic heterocycles. The molecule has 0 radical (unpaired) electrons. The minimum atomic E-state index is -0.365. The van der Waals surface area contributed by atoms with Crippen molar-refractivity contribution < 1.29 is 9.59 Å². The molecule has 1 aliphatic carbocycles. The number of Topliss-reactive ketones (excluding diaryl/α,β-unsaturated/α-hetero) is 1. The Morgan fingerprint density at radius 2 is 1.82 bits per heavy atom. The zero-order valence-electron chi connectivity index (χ0n) is 18.3. The minimum Gasteiger partial charge on any atom is -0.345 e. The summed E-state index contributed by atoms with van der Waals surface area (Å²) in [5.74, 6) is 0.461. The quantitative estimate of drug-likeness (QED) is 0.489. The molecule has 168 valence electrons. The van der Waals surface area contributed by atoms with E-state index in [9.17, 15) is 9.59 Å². The molecule has 1 amide bonds. The number of carbonyl (C=O) groups excluding carboxylic acids is 2. The standard InChI is InChI=1S/C25H22Cl2N4O2/c1-30(2)25(33)15-8-6-14(7-9-15)17-13-28-31-23(16-10-11-18(26)19(27)12-16)22-20(29-24(17)31)4-3-5-21(22)32/h6-13,22-23H,3-5H2,1-2H3. The molecule has 2 atom stereocenters. The van der Waals surface area contributed by atoms with Gasteiger partial charge >= 0.3 is 0 Å². The average molecular weight is 481 g/mol. The Balaban J connectivity index is 1.62. The Kier molecular flexibility index (Phi) is 5.59. The van der Waals surface area contributed by atoms with Gasteiger partial charge < -0.3 is 4.90 Å². The number of aromatic nitrogens is 2. The molecule has 3 aromatic rings. The van der Waals surface area contributed by atoms with Gasteiger partial charge in [-0.15, -0.1) is 0 Å². The molecule has 0 bridgehead atoms. The number of fused-ring (bicyclic) bond motifs is 2. The smallest absolute Gasteiger partial charge is 0.253 e. The van der Waals surface area contributed by atoms with Crippen LogP contribution in [0.25, 0.3) is 11.1 Å². The van der Waals surface area contributed by atoms with Gasteiger partial charge in [-0.2, -0.15) is 5.10 Å². The number of amides is 1. The molecule has 0 spiro atoms. The lowest BCUT2D eigenvalue weighted by Crippen LogP contribution is -2.39. The summed E-state index contributed by atoms with van der Waals surface area (Å²) in [7, 11) is 3.46. The van der Waals surface area contributed by atoms with Crippen LogP contribution in [0.1, 0.15) is 41.2 Å². The number of rotatable bonds is 3. The number of halogens is 2. The highest BCUT2D eigenvalue weighted by molar-refractivity contribution is 6.42. The summed E-state index contributed by atoms with van der Waals surface area (Å²) < 4.78 is 1.82.